The number of hydrogen-bond donors (Lipinski definition) is 1. The van der Waals surface area contributed by atoms with Gasteiger partial charge in [0.15, 0.2) is 12.2 Å². The number of amides is 1. The second kappa shape index (κ2) is 11.1. The Bertz CT molecular complexity index is 579. The van der Waals surface area contributed by atoms with Gasteiger partial charge in [-0.3, -0.25) is 19.2 Å². The van der Waals surface area contributed by atoms with Gasteiger partial charge in [0.05, 0.1) is 0 Å². The molecule has 0 aliphatic carbocycles. The van der Waals surface area contributed by atoms with Crippen LogP contribution < -0.4 is 5.32 Å². The molecule has 0 radical (unpaired) electrons. The highest BCUT2D eigenvalue weighted by atomic mass is 32.2. The van der Waals surface area contributed by atoms with Crippen molar-refractivity contribution in [3.05, 3.63) is 12.2 Å². The van der Waals surface area contributed by atoms with Crippen molar-refractivity contribution in [3.8, 4) is 0 Å². The molecule has 1 fully saturated rings. The molecule has 0 aromatic rings. The van der Waals surface area contributed by atoms with Gasteiger partial charge in [0.1, 0.15) is 24.2 Å². The van der Waals surface area contributed by atoms with Crippen LogP contribution in [-0.4, -0.2) is 66.0 Å². The minimum atomic E-state index is -1.07. The van der Waals surface area contributed by atoms with Crippen LogP contribution in [0.1, 0.15) is 34.6 Å². The van der Waals surface area contributed by atoms with E-state index in [-0.39, 0.29) is 12.5 Å². The summed E-state index contributed by atoms with van der Waals surface area (Å²) in [4.78, 5) is 46.3. The monoisotopic (exact) mass is 417 g/mol. The zero-order valence-electron chi connectivity index (χ0n) is 16.7. The molecule has 1 amide bonds. The van der Waals surface area contributed by atoms with Gasteiger partial charge in [-0.05, 0) is 6.92 Å². The lowest BCUT2D eigenvalue weighted by atomic mass is 9.97. The van der Waals surface area contributed by atoms with Gasteiger partial charge >= 0.3 is 17.9 Å². The van der Waals surface area contributed by atoms with Gasteiger partial charge in [-0.25, -0.2) is 0 Å². The van der Waals surface area contributed by atoms with Gasteiger partial charge in [-0.15, -0.1) is 11.8 Å². The first kappa shape index (κ1) is 24.0. The van der Waals surface area contributed by atoms with Crippen LogP contribution in [0, 0.1) is 0 Å². The van der Waals surface area contributed by atoms with Crippen molar-refractivity contribution in [1.82, 2.24) is 5.32 Å². The number of nitrogens with one attached hydrogen (secondary N) is 1. The van der Waals surface area contributed by atoms with Crippen molar-refractivity contribution in [1.29, 1.82) is 0 Å². The van der Waals surface area contributed by atoms with Gasteiger partial charge in [0, 0.05) is 33.4 Å². The fourth-order valence-electron chi connectivity index (χ4n) is 2.66. The van der Waals surface area contributed by atoms with Crippen molar-refractivity contribution in [2.75, 3.05) is 12.4 Å². The summed E-state index contributed by atoms with van der Waals surface area (Å²) in [6.07, 6.45) is -2.98. The topological polar surface area (TPSA) is 117 Å². The van der Waals surface area contributed by atoms with E-state index in [1.165, 1.54) is 39.5 Å². The molecule has 0 saturated carbocycles. The molecule has 28 heavy (non-hydrogen) atoms. The molecule has 1 rings (SSSR count). The van der Waals surface area contributed by atoms with Crippen LogP contribution >= 0.6 is 11.8 Å². The van der Waals surface area contributed by atoms with E-state index in [1.54, 1.807) is 0 Å². The molecule has 0 aromatic carbocycles. The van der Waals surface area contributed by atoms with Crippen molar-refractivity contribution >= 4 is 35.6 Å². The van der Waals surface area contributed by atoms with Crippen molar-refractivity contribution in [3.63, 3.8) is 0 Å². The highest BCUT2D eigenvalue weighted by Crippen LogP contribution is 2.33. The molecule has 10 heteroatoms. The molecule has 5 atom stereocenters. The van der Waals surface area contributed by atoms with Gasteiger partial charge in [-0.2, -0.15) is 0 Å². The first-order valence-corrected chi connectivity index (χ1v) is 9.72. The predicted molar refractivity (Wildman–Crippen MR) is 101 cm³/mol. The number of esters is 3. The molecule has 1 aliphatic heterocycles. The first-order valence-electron chi connectivity index (χ1n) is 8.67. The molecule has 1 N–H and O–H groups in total. The lowest BCUT2D eigenvalue weighted by Gasteiger charge is -2.45. The third-order valence-corrected chi connectivity index (χ3v) is 4.96. The number of hydrogen-bond acceptors (Lipinski definition) is 9. The summed E-state index contributed by atoms with van der Waals surface area (Å²) in [6.45, 7) is 10.4. The van der Waals surface area contributed by atoms with Gasteiger partial charge < -0.3 is 24.3 Å². The quantitative estimate of drug-likeness (QED) is 0.350. The Morgan fingerprint density at radius 1 is 0.964 bits per heavy atom. The summed E-state index contributed by atoms with van der Waals surface area (Å²) in [7, 11) is 0. The molecule has 0 aromatic heterocycles. The van der Waals surface area contributed by atoms with E-state index in [0.717, 1.165) is 5.57 Å². The Kier molecular flexibility index (Phi) is 9.47. The highest BCUT2D eigenvalue weighted by Gasteiger charge is 2.50. The lowest BCUT2D eigenvalue weighted by molar-refractivity contribution is -0.211. The number of carbonyl (C=O) groups is 4. The Hall–Kier alpha value is -2.07. The predicted octanol–water partition coefficient (Wildman–Crippen LogP) is 0.952. The van der Waals surface area contributed by atoms with Crippen LogP contribution in [0.3, 0.4) is 0 Å². The minimum Gasteiger partial charge on any atom is -0.463 e. The molecular formula is C18H27NO8S. The molecule has 1 saturated heterocycles. The summed E-state index contributed by atoms with van der Waals surface area (Å²) < 4.78 is 21.7. The van der Waals surface area contributed by atoms with E-state index in [4.69, 9.17) is 18.9 Å². The molecule has 158 valence electrons. The maximum Gasteiger partial charge on any atom is 0.303 e. The molecule has 0 bridgehead atoms. The average Bonchev–Trinajstić information content (AvgIpc) is 2.54. The Morgan fingerprint density at radius 2 is 1.54 bits per heavy atom. The van der Waals surface area contributed by atoms with Crippen molar-refractivity contribution in [2.24, 2.45) is 0 Å². The highest BCUT2D eigenvalue weighted by molar-refractivity contribution is 8.00. The lowest BCUT2D eigenvalue weighted by Crippen LogP contribution is -2.65. The summed E-state index contributed by atoms with van der Waals surface area (Å²) in [5, 5.41) is 2.71. The Morgan fingerprint density at radius 3 is 2.00 bits per heavy atom. The molecule has 1 aliphatic rings. The maximum atomic E-state index is 11.7. The van der Waals surface area contributed by atoms with Gasteiger partial charge in [0.25, 0.3) is 0 Å². The summed E-state index contributed by atoms with van der Waals surface area (Å²) >= 11 is 1.34. The normalized spacial score (nSPS) is 26.7. The molecular weight excluding hydrogens is 390 g/mol. The molecule has 0 spiro atoms. The van der Waals surface area contributed by atoms with E-state index in [0.29, 0.717) is 5.75 Å². The van der Waals surface area contributed by atoms with Crippen LogP contribution in [-0.2, 0) is 38.1 Å². The van der Waals surface area contributed by atoms with Crippen LogP contribution in [0.15, 0.2) is 12.2 Å². The Labute approximate surface area is 168 Å². The smallest absolute Gasteiger partial charge is 0.303 e. The van der Waals surface area contributed by atoms with Crippen molar-refractivity contribution in [2.45, 2.75) is 64.4 Å². The van der Waals surface area contributed by atoms with Crippen LogP contribution in [0.5, 0.6) is 0 Å². The molecule has 1 heterocycles. The fourth-order valence-corrected chi connectivity index (χ4v) is 3.76. The zero-order chi connectivity index (χ0) is 21.4. The number of thioether (sulfide) groups is 1. The van der Waals surface area contributed by atoms with Crippen LogP contribution in [0.2, 0.25) is 0 Å². The number of rotatable bonds is 8. The minimum absolute atomic E-state index is 0.206. The zero-order valence-corrected chi connectivity index (χ0v) is 17.5. The number of carbonyl (C=O) groups excluding carboxylic acids is 4. The average molecular weight is 417 g/mol. The number of ether oxygens (including phenoxy) is 4. The van der Waals surface area contributed by atoms with Crippen LogP contribution in [0.4, 0.5) is 0 Å². The largest absolute Gasteiger partial charge is 0.463 e. The Balaban J connectivity index is 3.26. The van der Waals surface area contributed by atoms with E-state index < -0.39 is 47.7 Å². The van der Waals surface area contributed by atoms with Crippen molar-refractivity contribution < 1.29 is 38.1 Å². The first-order chi connectivity index (χ1) is 13.0. The van der Waals surface area contributed by atoms with Crippen LogP contribution in [0.25, 0.3) is 0 Å². The van der Waals surface area contributed by atoms with Gasteiger partial charge in [-0.1, -0.05) is 12.2 Å². The second-order valence-corrected chi connectivity index (χ2v) is 7.57. The second-order valence-electron chi connectivity index (χ2n) is 6.49. The third kappa shape index (κ3) is 7.89. The summed E-state index contributed by atoms with van der Waals surface area (Å²) in [6, 6.07) is -0.788. The van der Waals surface area contributed by atoms with Gasteiger partial charge in [0.2, 0.25) is 5.91 Å². The van der Waals surface area contributed by atoms with E-state index >= 15 is 0 Å². The van der Waals surface area contributed by atoms with E-state index in [1.807, 2.05) is 6.92 Å². The molecule has 1 unspecified atom stereocenters. The van der Waals surface area contributed by atoms with E-state index in [2.05, 4.69) is 11.9 Å². The third-order valence-electron chi connectivity index (χ3n) is 3.57. The summed E-state index contributed by atoms with van der Waals surface area (Å²) in [5.41, 5.74) is 0.218. The van der Waals surface area contributed by atoms with E-state index in [9.17, 15) is 19.2 Å². The SMILES string of the molecule is C=C(C)CSC1O[C@H](COC(C)=O)[C@@H](OC(C)=O)[C@H](OC(C)=O)[C@H]1NC(C)=O. The summed E-state index contributed by atoms with van der Waals surface area (Å²) in [5.74, 6) is -1.63. The maximum absolute atomic E-state index is 11.7. The standard InChI is InChI=1S/C18H27NO8S/c1-9(2)8-28-18-15(19-10(3)20)17(26-13(6)23)16(25-12(5)22)14(27-18)7-24-11(4)21/h14-18H,1,7-8H2,2-6H3,(H,19,20)/t14-,15-,16-,17-,18?/m1/s1. The fraction of sp³-hybridized carbons (Fsp3) is 0.667. The molecule has 9 nitrogen and oxygen atoms in total.